The lowest BCUT2D eigenvalue weighted by Crippen LogP contribution is -2.39. The van der Waals surface area contributed by atoms with Gasteiger partial charge < -0.3 is 9.47 Å². The van der Waals surface area contributed by atoms with Crippen molar-refractivity contribution in [3.05, 3.63) is 29.8 Å². The first-order chi connectivity index (χ1) is 10.1. The monoisotopic (exact) mass is 293 g/mol. The van der Waals surface area contributed by atoms with Crippen LogP contribution in [0.5, 0.6) is 5.75 Å². The van der Waals surface area contributed by atoms with Crippen molar-refractivity contribution in [3.63, 3.8) is 0 Å². The number of nitrogens with zero attached hydrogens (tertiary/aromatic N) is 1. The first-order valence-corrected chi connectivity index (χ1v) is 7.62. The number of carbonyl (C=O) groups excluding carboxylic acids is 1. The number of hydrogen-bond acceptors (Lipinski definition) is 4. The van der Waals surface area contributed by atoms with Crippen molar-refractivity contribution in [1.29, 1.82) is 0 Å². The zero-order chi connectivity index (χ0) is 15.7. The van der Waals surface area contributed by atoms with Gasteiger partial charge in [0.1, 0.15) is 5.75 Å². The van der Waals surface area contributed by atoms with Crippen LogP contribution in [0.15, 0.2) is 24.3 Å². The molecule has 0 radical (unpaired) electrons. The van der Waals surface area contributed by atoms with Crippen LogP contribution in [-0.4, -0.2) is 50.1 Å². The van der Waals surface area contributed by atoms with E-state index in [1.54, 1.807) is 7.11 Å². The Hall–Kier alpha value is -1.39. The molecule has 0 aromatic heterocycles. The van der Waals surface area contributed by atoms with Crippen LogP contribution < -0.4 is 4.74 Å². The first-order valence-electron chi connectivity index (χ1n) is 7.62. The van der Waals surface area contributed by atoms with Crippen LogP contribution in [0, 0.1) is 0 Å². The summed E-state index contributed by atoms with van der Waals surface area (Å²) in [4.78, 5) is 14.7. The van der Waals surface area contributed by atoms with Crippen molar-refractivity contribution in [1.82, 2.24) is 4.90 Å². The van der Waals surface area contributed by atoms with Gasteiger partial charge in [-0.3, -0.25) is 9.69 Å². The predicted molar refractivity (Wildman–Crippen MR) is 85.1 cm³/mol. The molecular weight excluding hydrogens is 266 g/mol. The smallest absolute Gasteiger partial charge is 0.180 e. The number of ketones is 1. The van der Waals surface area contributed by atoms with Gasteiger partial charge in [-0.2, -0.15) is 0 Å². The Bertz CT molecular complexity index is 434. The molecule has 0 saturated heterocycles. The number of rotatable bonds is 10. The molecule has 0 amide bonds. The van der Waals surface area contributed by atoms with Gasteiger partial charge in [-0.15, -0.1) is 0 Å². The third kappa shape index (κ3) is 5.48. The number of methoxy groups -OCH3 is 1. The quantitative estimate of drug-likeness (QED) is 0.622. The van der Waals surface area contributed by atoms with Gasteiger partial charge in [0.15, 0.2) is 5.78 Å². The van der Waals surface area contributed by atoms with Gasteiger partial charge in [0.2, 0.25) is 0 Å². The minimum atomic E-state index is 0.0930. The molecule has 0 fully saturated rings. The highest BCUT2D eigenvalue weighted by Crippen LogP contribution is 2.19. The molecule has 4 nitrogen and oxygen atoms in total. The highest BCUT2D eigenvalue weighted by molar-refractivity contribution is 6.00. The van der Waals surface area contributed by atoms with Crippen molar-refractivity contribution >= 4 is 5.78 Å². The number of hydrogen-bond donors (Lipinski definition) is 0. The van der Waals surface area contributed by atoms with Crippen LogP contribution in [-0.2, 0) is 4.74 Å². The van der Waals surface area contributed by atoms with Crippen LogP contribution in [0.25, 0.3) is 0 Å². The fourth-order valence-corrected chi connectivity index (χ4v) is 2.17. The molecule has 1 atom stereocenters. The minimum absolute atomic E-state index is 0.0930. The maximum absolute atomic E-state index is 12.6. The second-order valence-corrected chi connectivity index (χ2v) is 5.07. The maximum Gasteiger partial charge on any atom is 0.180 e. The van der Waals surface area contributed by atoms with E-state index in [0.29, 0.717) is 37.1 Å². The van der Waals surface area contributed by atoms with E-state index in [-0.39, 0.29) is 5.78 Å². The van der Waals surface area contributed by atoms with Crippen LogP contribution in [0.1, 0.15) is 37.6 Å². The Labute approximate surface area is 128 Å². The van der Waals surface area contributed by atoms with E-state index in [9.17, 15) is 4.79 Å². The Morgan fingerprint density at radius 1 is 1.29 bits per heavy atom. The summed E-state index contributed by atoms with van der Waals surface area (Å²) in [6.45, 7) is 8.52. The fraction of sp³-hybridized carbons (Fsp3) is 0.588. The fourth-order valence-electron chi connectivity index (χ4n) is 2.17. The maximum atomic E-state index is 12.6. The van der Waals surface area contributed by atoms with E-state index in [1.807, 2.05) is 31.2 Å². The molecule has 1 aromatic rings. The van der Waals surface area contributed by atoms with E-state index in [0.717, 1.165) is 13.0 Å². The molecule has 0 heterocycles. The van der Waals surface area contributed by atoms with Crippen LogP contribution in [0.3, 0.4) is 0 Å². The van der Waals surface area contributed by atoms with Gasteiger partial charge in [-0.05, 0) is 32.4 Å². The highest BCUT2D eigenvalue weighted by atomic mass is 16.5. The lowest BCUT2D eigenvalue weighted by atomic mass is 10.1. The number of benzene rings is 1. The van der Waals surface area contributed by atoms with E-state index >= 15 is 0 Å². The van der Waals surface area contributed by atoms with Crippen LogP contribution in [0.4, 0.5) is 0 Å². The molecule has 21 heavy (non-hydrogen) atoms. The second kappa shape index (κ2) is 9.53. The molecule has 0 N–H and O–H groups in total. The van der Waals surface area contributed by atoms with Gasteiger partial charge in [-0.1, -0.05) is 19.1 Å². The lowest BCUT2D eigenvalue weighted by Gasteiger charge is -2.27. The molecule has 118 valence electrons. The van der Waals surface area contributed by atoms with E-state index in [1.165, 1.54) is 0 Å². The number of para-hydroxylation sites is 1. The summed E-state index contributed by atoms with van der Waals surface area (Å²) in [5.74, 6) is 0.760. The molecule has 4 heteroatoms. The van der Waals surface area contributed by atoms with Crippen molar-refractivity contribution in [2.45, 2.75) is 33.2 Å². The summed E-state index contributed by atoms with van der Waals surface area (Å²) in [6, 6.07) is 7.79. The summed E-state index contributed by atoms with van der Waals surface area (Å²) in [5.41, 5.74) is 0.657. The standard InChI is InChI=1S/C17H27NO3/c1-5-14(3)18(11-12-20-4)13-16(19)15-9-7-8-10-17(15)21-6-2/h7-10,14H,5-6,11-13H2,1-4H3. The number of ether oxygens (including phenoxy) is 2. The highest BCUT2D eigenvalue weighted by Gasteiger charge is 2.19. The summed E-state index contributed by atoms with van der Waals surface area (Å²) in [6.07, 6.45) is 1.00. The molecule has 0 aliphatic rings. The van der Waals surface area contributed by atoms with Crippen molar-refractivity contribution in [3.8, 4) is 5.75 Å². The van der Waals surface area contributed by atoms with Crippen LogP contribution >= 0.6 is 0 Å². The molecule has 0 bridgehead atoms. The van der Waals surface area contributed by atoms with E-state index < -0.39 is 0 Å². The number of Topliss-reactive ketones (excluding diaryl/α,β-unsaturated/α-hetero) is 1. The molecule has 1 aromatic carbocycles. The summed E-state index contributed by atoms with van der Waals surface area (Å²) in [5, 5.41) is 0. The number of carbonyl (C=O) groups is 1. The third-order valence-corrected chi connectivity index (χ3v) is 3.63. The van der Waals surface area contributed by atoms with Gasteiger partial charge in [0.05, 0.1) is 25.3 Å². The zero-order valence-corrected chi connectivity index (χ0v) is 13.6. The normalized spacial score (nSPS) is 12.4. The van der Waals surface area contributed by atoms with Crippen molar-refractivity contribution in [2.24, 2.45) is 0 Å². The minimum Gasteiger partial charge on any atom is -0.493 e. The molecule has 0 aliphatic heterocycles. The molecule has 1 rings (SSSR count). The first kappa shape index (κ1) is 17.7. The van der Waals surface area contributed by atoms with E-state index in [4.69, 9.17) is 9.47 Å². The van der Waals surface area contributed by atoms with Gasteiger partial charge in [0.25, 0.3) is 0 Å². The second-order valence-electron chi connectivity index (χ2n) is 5.07. The summed E-state index contributed by atoms with van der Waals surface area (Å²) < 4.78 is 10.7. The van der Waals surface area contributed by atoms with Crippen molar-refractivity contribution < 1.29 is 14.3 Å². The summed E-state index contributed by atoms with van der Waals surface area (Å²) >= 11 is 0. The lowest BCUT2D eigenvalue weighted by molar-refractivity contribution is 0.0831. The molecule has 0 saturated carbocycles. The largest absolute Gasteiger partial charge is 0.493 e. The zero-order valence-electron chi connectivity index (χ0n) is 13.6. The molecule has 0 aliphatic carbocycles. The average Bonchev–Trinajstić information content (AvgIpc) is 2.51. The Morgan fingerprint density at radius 3 is 2.62 bits per heavy atom. The predicted octanol–water partition coefficient (Wildman–Crippen LogP) is 3.01. The average molecular weight is 293 g/mol. The van der Waals surface area contributed by atoms with Crippen LogP contribution in [0.2, 0.25) is 0 Å². The van der Waals surface area contributed by atoms with Gasteiger partial charge in [-0.25, -0.2) is 0 Å². The Kier molecular flexibility index (Phi) is 8.01. The molecular formula is C17H27NO3. The van der Waals surface area contributed by atoms with Gasteiger partial charge in [0, 0.05) is 19.7 Å². The third-order valence-electron chi connectivity index (χ3n) is 3.63. The van der Waals surface area contributed by atoms with E-state index in [2.05, 4.69) is 18.7 Å². The van der Waals surface area contributed by atoms with Gasteiger partial charge >= 0.3 is 0 Å². The Morgan fingerprint density at radius 2 is 2.00 bits per heavy atom. The topological polar surface area (TPSA) is 38.8 Å². The SMILES string of the molecule is CCOc1ccccc1C(=O)CN(CCOC)C(C)CC. The Balaban J connectivity index is 2.81. The summed E-state index contributed by atoms with van der Waals surface area (Å²) in [7, 11) is 1.68. The molecule has 0 spiro atoms. The molecule has 1 unspecified atom stereocenters. The van der Waals surface area contributed by atoms with Crippen molar-refractivity contribution in [2.75, 3.05) is 33.4 Å².